The summed E-state index contributed by atoms with van der Waals surface area (Å²) in [7, 11) is 3.90. The van der Waals surface area contributed by atoms with Crippen molar-refractivity contribution in [2.24, 2.45) is 0 Å². The van der Waals surface area contributed by atoms with Gasteiger partial charge in [-0.25, -0.2) is 9.59 Å². The average molecular weight is 692 g/mol. The SMILES string of the molecule is CN(CCCN(C)C1CC1c1ccccc1)C(=O)c1c(NC(=O)c2ccc(C(=O)OC(=O)C(F)(F)F)cc2)ccc2c1C(C)(C)CCC2(C)C. The van der Waals surface area contributed by atoms with Crippen molar-refractivity contribution in [3.8, 4) is 0 Å². The number of rotatable bonds is 10. The van der Waals surface area contributed by atoms with Gasteiger partial charge in [0.2, 0.25) is 0 Å². The van der Waals surface area contributed by atoms with E-state index in [1.54, 1.807) is 18.0 Å². The van der Waals surface area contributed by atoms with Crippen molar-refractivity contribution in [3.63, 3.8) is 0 Å². The number of carbonyl (C=O) groups excluding carboxylic acids is 4. The van der Waals surface area contributed by atoms with Gasteiger partial charge in [-0.3, -0.25) is 9.59 Å². The Kier molecular flexibility index (Phi) is 10.3. The van der Waals surface area contributed by atoms with Crippen molar-refractivity contribution < 1.29 is 37.1 Å². The Balaban J connectivity index is 1.34. The van der Waals surface area contributed by atoms with Crippen LogP contribution >= 0.6 is 0 Å². The molecular weight excluding hydrogens is 647 g/mol. The lowest BCUT2D eigenvalue weighted by Gasteiger charge is -2.43. The summed E-state index contributed by atoms with van der Waals surface area (Å²) in [5, 5.41) is 2.88. The van der Waals surface area contributed by atoms with Crippen LogP contribution in [0.1, 0.15) is 107 Å². The smallest absolute Gasteiger partial charge is 0.383 e. The molecule has 0 bridgehead atoms. The molecule has 1 fully saturated rings. The van der Waals surface area contributed by atoms with E-state index in [9.17, 15) is 32.3 Å². The summed E-state index contributed by atoms with van der Waals surface area (Å²) < 4.78 is 41.4. The van der Waals surface area contributed by atoms with Gasteiger partial charge in [0.15, 0.2) is 0 Å². The average Bonchev–Trinajstić information content (AvgIpc) is 3.88. The summed E-state index contributed by atoms with van der Waals surface area (Å²) in [6.07, 6.45) is -1.66. The van der Waals surface area contributed by atoms with Crippen LogP contribution < -0.4 is 5.32 Å². The lowest BCUT2D eigenvalue weighted by atomic mass is 9.61. The third kappa shape index (κ3) is 7.93. The van der Waals surface area contributed by atoms with Crippen molar-refractivity contribution in [2.75, 3.05) is 32.5 Å². The monoisotopic (exact) mass is 691 g/mol. The summed E-state index contributed by atoms with van der Waals surface area (Å²) in [5.74, 6) is -4.38. The lowest BCUT2D eigenvalue weighted by Crippen LogP contribution is -2.39. The van der Waals surface area contributed by atoms with E-state index in [2.05, 4.69) is 74.0 Å². The number of fused-ring (bicyclic) bond motifs is 1. The van der Waals surface area contributed by atoms with E-state index < -0.39 is 24.0 Å². The molecule has 2 unspecified atom stereocenters. The second kappa shape index (κ2) is 14.0. The van der Waals surface area contributed by atoms with Crippen molar-refractivity contribution in [1.82, 2.24) is 9.80 Å². The molecule has 266 valence electrons. The van der Waals surface area contributed by atoms with Gasteiger partial charge in [0.05, 0.1) is 16.8 Å². The predicted molar refractivity (Wildman–Crippen MR) is 184 cm³/mol. The maximum Gasteiger partial charge on any atom is 0.491 e. The van der Waals surface area contributed by atoms with Crippen LogP contribution in [0.2, 0.25) is 0 Å². The molecule has 50 heavy (non-hydrogen) atoms. The van der Waals surface area contributed by atoms with Crippen LogP contribution in [0, 0.1) is 0 Å². The fraction of sp³-hybridized carbons (Fsp3) is 0.436. The number of halogens is 3. The number of alkyl halides is 3. The highest BCUT2D eigenvalue weighted by molar-refractivity contribution is 6.10. The van der Waals surface area contributed by atoms with Crippen molar-refractivity contribution in [2.45, 2.75) is 82.3 Å². The van der Waals surface area contributed by atoms with E-state index in [1.165, 1.54) is 17.7 Å². The van der Waals surface area contributed by atoms with Crippen molar-refractivity contribution in [3.05, 3.63) is 100 Å². The minimum absolute atomic E-state index is 0.0877. The number of ether oxygens (including phenoxy) is 1. The number of benzene rings is 3. The van der Waals surface area contributed by atoms with Crippen LogP contribution in [0.25, 0.3) is 0 Å². The maximum atomic E-state index is 14.4. The summed E-state index contributed by atoms with van der Waals surface area (Å²) in [6.45, 7) is 9.87. The molecule has 3 aromatic carbocycles. The molecule has 8 nitrogen and oxygen atoms in total. The van der Waals surface area contributed by atoms with Gasteiger partial charge in [0, 0.05) is 31.1 Å². The third-order valence-corrected chi connectivity index (χ3v) is 10.1. The van der Waals surface area contributed by atoms with Crippen molar-refractivity contribution >= 4 is 29.4 Å². The van der Waals surface area contributed by atoms with Gasteiger partial charge in [-0.2, -0.15) is 13.2 Å². The summed E-state index contributed by atoms with van der Waals surface area (Å²) in [4.78, 5) is 55.1. The van der Waals surface area contributed by atoms with E-state index in [-0.39, 0.29) is 27.9 Å². The van der Waals surface area contributed by atoms with E-state index >= 15 is 0 Å². The van der Waals surface area contributed by atoms with Gasteiger partial charge < -0.3 is 19.9 Å². The Morgan fingerprint density at radius 3 is 2.10 bits per heavy atom. The maximum absolute atomic E-state index is 14.4. The quantitative estimate of drug-likeness (QED) is 0.175. The van der Waals surface area contributed by atoms with E-state index in [0.717, 1.165) is 55.5 Å². The molecule has 0 aliphatic heterocycles. The first-order valence-electron chi connectivity index (χ1n) is 16.8. The largest absolute Gasteiger partial charge is 0.491 e. The second-order valence-corrected chi connectivity index (χ2v) is 14.8. The zero-order chi connectivity index (χ0) is 36.6. The standard InChI is InChI=1S/C39H44F3N3O5/c1-37(2)19-20-38(3,4)32-28(37)17-18-29(43-33(46)25-13-15-26(16-14-25)35(48)50-36(49)39(40,41)42)31(32)34(47)45(6)22-10-21-44(5)30-23-27(30)24-11-8-7-9-12-24/h7-9,11-18,27,30H,10,19-23H2,1-6H3,(H,43,46). The topological polar surface area (TPSA) is 96.0 Å². The molecular formula is C39H44F3N3O5. The fourth-order valence-electron chi connectivity index (χ4n) is 6.98. The number of amides is 2. The second-order valence-electron chi connectivity index (χ2n) is 14.8. The molecule has 2 aliphatic carbocycles. The molecule has 0 spiro atoms. The first-order valence-corrected chi connectivity index (χ1v) is 16.8. The minimum atomic E-state index is -5.32. The number of nitrogens with zero attached hydrogens (tertiary/aromatic N) is 2. The zero-order valence-corrected chi connectivity index (χ0v) is 29.3. The van der Waals surface area contributed by atoms with E-state index in [4.69, 9.17) is 0 Å². The van der Waals surface area contributed by atoms with Gasteiger partial charge in [0.1, 0.15) is 0 Å². The molecule has 3 aromatic rings. The first-order chi connectivity index (χ1) is 23.4. The minimum Gasteiger partial charge on any atom is -0.383 e. The Morgan fingerprint density at radius 1 is 0.840 bits per heavy atom. The molecule has 1 N–H and O–H groups in total. The highest BCUT2D eigenvalue weighted by Gasteiger charge is 2.44. The molecule has 2 amide bonds. The molecule has 2 aliphatic rings. The zero-order valence-electron chi connectivity index (χ0n) is 29.3. The number of nitrogens with one attached hydrogen (secondary N) is 1. The number of hydrogen-bond acceptors (Lipinski definition) is 6. The molecule has 0 aromatic heterocycles. The Bertz CT molecular complexity index is 1770. The molecule has 5 rings (SSSR count). The van der Waals surface area contributed by atoms with Gasteiger partial charge in [-0.05, 0) is 97.1 Å². The molecule has 1 saturated carbocycles. The van der Waals surface area contributed by atoms with Crippen LogP contribution in [0.3, 0.4) is 0 Å². The molecule has 2 atom stereocenters. The van der Waals surface area contributed by atoms with E-state index in [0.29, 0.717) is 29.8 Å². The third-order valence-electron chi connectivity index (χ3n) is 10.1. The molecule has 0 radical (unpaired) electrons. The summed E-state index contributed by atoms with van der Waals surface area (Å²) in [5.41, 5.74) is 3.28. The van der Waals surface area contributed by atoms with Gasteiger partial charge in [-0.1, -0.05) is 64.1 Å². The summed E-state index contributed by atoms with van der Waals surface area (Å²) in [6, 6.07) is 19.4. The molecule has 0 saturated heterocycles. The lowest BCUT2D eigenvalue weighted by molar-refractivity contribution is -0.193. The van der Waals surface area contributed by atoms with Gasteiger partial charge in [0.25, 0.3) is 11.8 Å². The number of carbonyl (C=O) groups is 4. The number of anilines is 1. The Labute approximate surface area is 291 Å². The predicted octanol–water partition coefficient (Wildman–Crippen LogP) is 7.48. The highest BCUT2D eigenvalue weighted by Crippen LogP contribution is 2.49. The highest BCUT2D eigenvalue weighted by atomic mass is 19.4. The van der Waals surface area contributed by atoms with Crippen LogP contribution in [0.5, 0.6) is 0 Å². The van der Waals surface area contributed by atoms with Crippen LogP contribution in [-0.4, -0.2) is 73.0 Å². The van der Waals surface area contributed by atoms with Crippen LogP contribution in [-0.2, 0) is 20.4 Å². The van der Waals surface area contributed by atoms with Crippen molar-refractivity contribution in [1.29, 1.82) is 0 Å². The Hall–Kier alpha value is -4.51. The first kappa shape index (κ1) is 36.8. The number of esters is 2. The normalized spacial score (nSPS) is 18.9. The van der Waals surface area contributed by atoms with Gasteiger partial charge >= 0.3 is 18.1 Å². The summed E-state index contributed by atoms with van der Waals surface area (Å²) >= 11 is 0. The molecule has 11 heteroatoms. The number of likely N-dealkylation sites (N-methyl/N-ethyl adjacent to an activating group) is 1. The van der Waals surface area contributed by atoms with Gasteiger partial charge in [-0.15, -0.1) is 0 Å². The Morgan fingerprint density at radius 2 is 1.46 bits per heavy atom. The van der Waals surface area contributed by atoms with Crippen LogP contribution in [0.15, 0.2) is 66.7 Å². The fourth-order valence-corrected chi connectivity index (χ4v) is 6.98. The number of hydrogen-bond donors (Lipinski definition) is 1. The molecule has 0 heterocycles. The van der Waals surface area contributed by atoms with Crippen LogP contribution in [0.4, 0.5) is 18.9 Å². The van der Waals surface area contributed by atoms with E-state index in [1.807, 2.05) is 12.1 Å².